The summed E-state index contributed by atoms with van der Waals surface area (Å²) in [6.07, 6.45) is 14.4. The predicted octanol–water partition coefficient (Wildman–Crippen LogP) is 6.76. The molecule has 6 nitrogen and oxygen atoms in total. The van der Waals surface area contributed by atoms with E-state index in [2.05, 4.69) is 11.6 Å². The van der Waals surface area contributed by atoms with Gasteiger partial charge in [-0.15, -0.1) is 0 Å². The standard InChI is InChI=1S/C27H36N2O4S2/c1-2-3-4-5-6-7-8-9-10-11-15-24-18-20-25(21-19-24)35(32,33)29-26-16-12-13-17-27(26)34(30,31)23-14-22-28/h12-14,16-21,23,29H,2-11,15H2,1H3/b23-14+. The molecule has 0 atom stereocenters. The number of benzene rings is 2. The Morgan fingerprint density at radius 2 is 1.37 bits per heavy atom. The molecule has 0 aliphatic heterocycles. The Labute approximate surface area is 211 Å². The number of nitrogens with one attached hydrogen (secondary N) is 1. The van der Waals surface area contributed by atoms with Crippen LogP contribution in [0.3, 0.4) is 0 Å². The molecule has 2 aromatic rings. The monoisotopic (exact) mass is 516 g/mol. The number of hydrogen-bond donors (Lipinski definition) is 1. The lowest BCUT2D eigenvalue weighted by molar-refractivity contribution is 0.556. The van der Waals surface area contributed by atoms with Crippen LogP contribution in [-0.4, -0.2) is 16.8 Å². The molecule has 0 amide bonds. The summed E-state index contributed by atoms with van der Waals surface area (Å²) in [6, 6.07) is 14.0. The molecule has 0 radical (unpaired) electrons. The van der Waals surface area contributed by atoms with Crippen LogP contribution in [0.2, 0.25) is 0 Å². The number of para-hydroxylation sites is 1. The van der Waals surface area contributed by atoms with E-state index in [1.807, 2.05) is 0 Å². The lowest BCUT2D eigenvalue weighted by Crippen LogP contribution is -2.15. The minimum Gasteiger partial charge on any atom is -0.278 e. The number of hydrogen-bond acceptors (Lipinski definition) is 5. The molecule has 0 fully saturated rings. The first-order valence-electron chi connectivity index (χ1n) is 12.3. The minimum atomic E-state index is -3.98. The molecule has 0 aliphatic carbocycles. The lowest BCUT2D eigenvalue weighted by Gasteiger charge is -2.12. The first kappa shape index (κ1) is 28.6. The summed E-state index contributed by atoms with van der Waals surface area (Å²) in [7, 11) is -7.95. The van der Waals surface area contributed by atoms with Gasteiger partial charge in [-0.3, -0.25) is 4.72 Å². The largest absolute Gasteiger partial charge is 0.278 e. The molecule has 0 bridgehead atoms. The zero-order valence-electron chi connectivity index (χ0n) is 20.4. The molecule has 2 rings (SSSR count). The number of sulfonamides is 1. The van der Waals surface area contributed by atoms with Gasteiger partial charge in [0.15, 0.2) is 0 Å². The summed E-state index contributed by atoms with van der Waals surface area (Å²) < 4.78 is 53.0. The average molecular weight is 517 g/mol. The molecule has 190 valence electrons. The summed E-state index contributed by atoms with van der Waals surface area (Å²) in [5.41, 5.74) is 1.01. The van der Waals surface area contributed by atoms with Crippen LogP contribution < -0.4 is 4.72 Å². The Kier molecular flexibility index (Phi) is 12.0. The highest BCUT2D eigenvalue weighted by atomic mass is 32.2. The highest BCUT2D eigenvalue weighted by Crippen LogP contribution is 2.26. The number of anilines is 1. The quantitative estimate of drug-likeness (QED) is 0.196. The van der Waals surface area contributed by atoms with Crippen molar-refractivity contribution in [2.24, 2.45) is 0 Å². The van der Waals surface area contributed by atoms with Gasteiger partial charge in [0, 0.05) is 11.5 Å². The second kappa shape index (κ2) is 14.7. The molecular formula is C27H36N2O4S2. The SMILES string of the molecule is CCCCCCCCCCCCc1ccc(S(=O)(=O)Nc2ccccc2S(=O)(=O)/C=C/C#N)cc1. The zero-order chi connectivity index (χ0) is 25.6. The Morgan fingerprint density at radius 1 is 0.800 bits per heavy atom. The maximum Gasteiger partial charge on any atom is 0.261 e. The van der Waals surface area contributed by atoms with Gasteiger partial charge in [-0.1, -0.05) is 89.0 Å². The van der Waals surface area contributed by atoms with Crippen LogP contribution in [0.1, 0.15) is 76.7 Å². The van der Waals surface area contributed by atoms with E-state index in [1.54, 1.807) is 36.4 Å². The number of nitrogens with zero attached hydrogens (tertiary/aromatic N) is 1. The Balaban J connectivity index is 1.89. The summed E-state index contributed by atoms with van der Waals surface area (Å²) in [5, 5.41) is 9.38. The van der Waals surface area contributed by atoms with Crippen LogP contribution in [0.15, 0.2) is 69.8 Å². The maximum atomic E-state index is 12.9. The Hall–Kier alpha value is -2.63. The van der Waals surface area contributed by atoms with Crippen molar-refractivity contribution in [3.05, 3.63) is 65.6 Å². The van der Waals surface area contributed by atoms with E-state index in [0.717, 1.165) is 29.9 Å². The molecule has 2 aromatic carbocycles. The third-order valence-electron chi connectivity index (χ3n) is 5.81. The molecule has 0 heterocycles. The zero-order valence-corrected chi connectivity index (χ0v) is 22.1. The highest BCUT2D eigenvalue weighted by Gasteiger charge is 2.21. The average Bonchev–Trinajstić information content (AvgIpc) is 2.84. The molecule has 0 saturated heterocycles. The van der Waals surface area contributed by atoms with Crippen LogP contribution in [0, 0.1) is 11.3 Å². The lowest BCUT2D eigenvalue weighted by atomic mass is 10.0. The number of sulfone groups is 1. The van der Waals surface area contributed by atoms with E-state index in [1.165, 1.54) is 76.0 Å². The van der Waals surface area contributed by atoms with E-state index in [9.17, 15) is 16.8 Å². The molecule has 0 aromatic heterocycles. The van der Waals surface area contributed by atoms with Gasteiger partial charge in [-0.25, -0.2) is 16.8 Å². The van der Waals surface area contributed by atoms with Crippen LogP contribution >= 0.6 is 0 Å². The van der Waals surface area contributed by atoms with Crippen LogP contribution in [0.25, 0.3) is 0 Å². The van der Waals surface area contributed by atoms with E-state index in [-0.39, 0.29) is 15.5 Å². The van der Waals surface area contributed by atoms with Crippen molar-refractivity contribution in [1.82, 2.24) is 0 Å². The molecular weight excluding hydrogens is 480 g/mol. The normalized spacial score (nSPS) is 12.0. The first-order chi connectivity index (χ1) is 16.8. The Bertz CT molecular complexity index is 1200. The number of allylic oxidation sites excluding steroid dienone is 1. The molecule has 0 aliphatic rings. The topological polar surface area (TPSA) is 104 Å². The van der Waals surface area contributed by atoms with Crippen molar-refractivity contribution in [3.63, 3.8) is 0 Å². The molecule has 0 saturated carbocycles. The second-order valence-corrected chi connectivity index (χ2v) is 12.1. The molecule has 0 spiro atoms. The van der Waals surface area contributed by atoms with Gasteiger partial charge in [0.1, 0.15) is 0 Å². The fourth-order valence-electron chi connectivity index (χ4n) is 3.85. The van der Waals surface area contributed by atoms with Gasteiger partial charge in [-0.2, -0.15) is 5.26 Å². The van der Waals surface area contributed by atoms with E-state index < -0.39 is 19.9 Å². The maximum absolute atomic E-state index is 12.9. The summed E-state index contributed by atoms with van der Waals surface area (Å²) >= 11 is 0. The van der Waals surface area contributed by atoms with Gasteiger partial charge >= 0.3 is 0 Å². The second-order valence-electron chi connectivity index (χ2n) is 8.65. The minimum absolute atomic E-state index is 0.0593. The third kappa shape index (κ3) is 9.87. The fourth-order valence-corrected chi connectivity index (χ4v) is 6.07. The number of aryl methyl sites for hydroxylation is 1. The molecule has 0 unspecified atom stereocenters. The molecule has 35 heavy (non-hydrogen) atoms. The van der Waals surface area contributed by atoms with Crippen molar-refractivity contribution in [2.75, 3.05) is 4.72 Å². The highest BCUT2D eigenvalue weighted by molar-refractivity contribution is 7.95. The summed E-state index contributed by atoms with van der Waals surface area (Å²) in [5.74, 6) is 0. The van der Waals surface area contributed by atoms with E-state index in [0.29, 0.717) is 0 Å². The first-order valence-corrected chi connectivity index (χ1v) is 15.3. The number of nitriles is 1. The third-order valence-corrected chi connectivity index (χ3v) is 8.66. The smallest absolute Gasteiger partial charge is 0.261 e. The summed E-state index contributed by atoms with van der Waals surface area (Å²) in [6.45, 7) is 2.23. The number of rotatable bonds is 16. The predicted molar refractivity (Wildman–Crippen MR) is 141 cm³/mol. The number of unbranched alkanes of at least 4 members (excludes halogenated alkanes) is 9. The summed E-state index contributed by atoms with van der Waals surface area (Å²) in [4.78, 5) is -0.156. The Morgan fingerprint density at radius 3 is 1.97 bits per heavy atom. The van der Waals surface area contributed by atoms with Crippen LogP contribution in [0.4, 0.5) is 5.69 Å². The van der Waals surface area contributed by atoms with Crippen molar-refractivity contribution in [2.45, 2.75) is 87.3 Å². The van der Waals surface area contributed by atoms with Crippen molar-refractivity contribution in [1.29, 1.82) is 5.26 Å². The molecule has 1 N–H and O–H groups in total. The van der Waals surface area contributed by atoms with E-state index >= 15 is 0 Å². The van der Waals surface area contributed by atoms with Crippen molar-refractivity contribution < 1.29 is 16.8 Å². The van der Waals surface area contributed by atoms with Gasteiger partial charge in [0.05, 0.1) is 21.5 Å². The fraction of sp³-hybridized carbons (Fsp3) is 0.444. The van der Waals surface area contributed by atoms with Crippen LogP contribution in [-0.2, 0) is 26.3 Å². The van der Waals surface area contributed by atoms with E-state index in [4.69, 9.17) is 5.26 Å². The molecule has 8 heteroatoms. The van der Waals surface area contributed by atoms with Crippen molar-refractivity contribution >= 4 is 25.5 Å². The van der Waals surface area contributed by atoms with Crippen molar-refractivity contribution in [3.8, 4) is 6.07 Å². The van der Waals surface area contributed by atoms with Gasteiger partial charge in [0.2, 0.25) is 9.84 Å². The van der Waals surface area contributed by atoms with Crippen LogP contribution in [0.5, 0.6) is 0 Å². The van der Waals surface area contributed by atoms with Gasteiger partial charge in [0.25, 0.3) is 10.0 Å². The van der Waals surface area contributed by atoms with Gasteiger partial charge in [-0.05, 0) is 42.7 Å². The van der Waals surface area contributed by atoms with Gasteiger partial charge < -0.3 is 0 Å².